The van der Waals surface area contributed by atoms with E-state index in [9.17, 15) is 9.18 Å². The summed E-state index contributed by atoms with van der Waals surface area (Å²) in [6, 6.07) is 4.32. The average Bonchev–Trinajstić information content (AvgIpc) is 2.44. The zero-order chi connectivity index (χ0) is 9.42. The van der Waals surface area contributed by atoms with E-state index in [1.165, 1.54) is 12.1 Å². The number of cyclic esters (lactones) is 1. The number of hydrogen-bond acceptors (Lipinski definition) is 2. The molecule has 2 rings (SSSR count). The Morgan fingerprint density at radius 3 is 2.92 bits per heavy atom. The molecule has 0 unspecified atom stereocenters. The van der Waals surface area contributed by atoms with E-state index >= 15 is 0 Å². The Balaban J connectivity index is 2.79. The summed E-state index contributed by atoms with van der Waals surface area (Å²) in [6.07, 6.45) is 0. The summed E-state index contributed by atoms with van der Waals surface area (Å²) in [4.78, 5) is 11.1. The molecule has 0 saturated heterocycles. The fourth-order valence-corrected chi connectivity index (χ4v) is 1.25. The van der Waals surface area contributed by atoms with Gasteiger partial charge in [0.15, 0.2) is 5.76 Å². The van der Waals surface area contributed by atoms with Crippen molar-refractivity contribution in [1.29, 1.82) is 0 Å². The van der Waals surface area contributed by atoms with Gasteiger partial charge >= 0.3 is 5.97 Å². The zero-order valence-electron chi connectivity index (χ0n) is 6.63. The molecule has 0 bridgehead atoms. The molecule has 0 spiro atoms. The predicted molar refractivity (Wildman–Crippen MR) is 44.4 cm³/mol. The third-order valence-corrected chi connectivity index (χ3v) is 1.82. The first kappa shape index (κ1) is 7.77. The number of fused-ring (bicyclic) bond motifs is 1. The summed E-state index contributed by atoms with van der Waals surface area (Å²) in [5.74, 6) is -1.06. The molecular weight excluding hydrogens is 171 g/mol. The van der Waals surface area contributed by atoms with Crippen molar-refractivity contribution in [3.8, 4) is 0 Å². The third-order valence-electron chi connectivity index (χ3n) is 1.82. The topological polar surface area (TPSA) is 26.3 Å². The maximum absolute atomic E-state index is 13.1. The maximum atomic E-state index is 13.1. The standard InChI is InChI=1S/C10H5FO2/c1-2-8-6-4-3-5-7(11)9(6)10(12)13-8/h3-5H,1H2. The number of esters is 1. The van der Waals surface area contributed by atoms with Crippen LogP contribution in [0.2, 0.25) is 0 Å². The van der Waals surface area contributed by atoms with E-state index in [0.717, 1.165) is 0 Å². The van der Waals surface area contributed by atoms with Gasteiger partial charge in [0.05, 0.1) is 0 Å². The molecule has 1 aromatic carbocycles. The van der Waals surface area contributed by atoms with Crippen LogP contribution >= 0.6 is 0 Å². The second-order valence-electron chi connectivity index (χ2n) is 2.56. The van der Waals surface area contributed by atoms with Gasteiger partial charge in [-0.05, 0) is 12.1 Å². The lowest BCUT2D eigenvalue weighted by Crippen LogP contribution is -1.96. The molecule has 1 aromatic rings. The van der Waals surface area contributed by atoms with Gasteiger partial charge in [-0.25, -0.2) is 9.18 Å². The lowest BCUT2D eigenvalue weighted by Gasteiger charge is -1.93. The van der Waals surface area contributed by atoms with Crippen molar-refractivity contribution in [2.75, 3.05) is 0 Å². The minimum absolute atomic E-state index is 0.0337. The van der Waals surface area contributed by atoms with Crippen LogP contribution in [0.4, 0.5) is 4.39 Å². The summed E-state index contributed by atoms with van der Waals surface area (Å²) in [6.45, 7) is 3.34. The molecule has 0 fully saturated rings. The molecule has 0 amide bonds. The Hall–Kier alpha value is -1.86. The molecule has 0 aliphatic carbocycles. The molecule has 1 aliphatic rings. The van der Waals surface area contributed by atoms with Gasteiger partial charge in [0.2, 0.25) is 0 Å². The normalized spacial score (nSPS) is 13.6. The molecule has 0 radical (unpaired) electrons. The Morgan fingerprint density at radius 1 is 1.46 bits per heavy atom. The molecular formula is C10H5FO2. The molecule has 13 heavy (non-hydrogen) atoms. The van der Waals surface area contributed by atoms with Crippen LogP contribution in [0.25, 0.3) is 5.76 Å². The maximum Gasteiger partial charge on any atom is 0.347 e. The highest BCUT2D eigenvalue weighted by Crippen LogP contribution is 2.30. The lowest BCUT2D eigenvalue weighted by molar-refractivity contribution is 0.0712. The molecule has 0 atom stereocenters. The molecule has 3 heteroatoms. The fraction of sp³-hybridized carbons (Fsp3) is 0. The number of rotatable bonds is 0. The second kappa shape index (κ2) is 2.57. The molecule has 0 N–H and O–H groups in total. The Kier molecular flexibility index (Phi) is 1.54. The van der Waals surface area contributed by atoms with E-state index in [0.29, 0.717) is 5.56 Å². The third kappa shape index (κ3) is 0.983. The van der Waals surface area contributed by atoms with Crippen LogP contribution in [-0.2, 0) is 4.74 Å². The summed E-state index contributed by atoms with van der Waals surface area (Å²) < 4.78 is 17.8. The minimum atomic E-state index is -0.681. The van der Waals surface area contributed by atoms with Gasteiger partial charge in [-0.15, -0.1) is 0 Å². The van der Waals surface area contributed by atoms with E-state index in [-0.39, 0.29) is 11.3 Å². The first-order valence-corrected chi connectivity index (χ1v) is 3.65. The first-order chi connectivity index (χ1) is 6.24. The molecule has 2 nitrogen and oxygen atoms in total. The van der Waals surface area contributed by atoms with Crippen molar-refractivity contribution >= 4 is 11.7 Å². The van der Waals surface area contributed by atoms with Gasteiger partial charge in [-0.2, -0.15) is 0 Å². The van der Waals surface area contributed by atoms with Crippen LogP contribution < -0.4 is 0 Å². The van der Waals surface area contributed by atoms with Crippen molar-refractivity contribution in [3.63, 3.8) is 0 Å². The highest BCUT2D eigenvalue weighted by molar-refractivity contribution is 6.02. The zero-order valence-corrected chi connectivity index (χ0v) is 6.63. The number of hydrogen-bond donors (Lipinski definition) is 0. The monoisotopic (exact) mass is 176 g/mol. The van der Waals surface area contributed by atoms with Gasteiger partial charge in [0.25, 0.3) is 0 Å². The van der Waals surface area contributed by atoms with E-state index in [4.69, 9.17) is 4.74 Å². The van der Waals surface area contributed by atoms with Crippen LogP contribution in [0.5, 0.6) is 0 Å². The number of halogens is 1. The van der Waals surface area contributed by atoms with Crippen molar-refractivity contribution in [2.24, 2.45) is 0 Å². The van der Waals surface area contributed by atoms with Crippen LogP contribution in [0.1, 0.15) is 15.9 Å². The lowest BCUT2D eigenvalue weighted by atomic mass is 10.1. The average molecular weight is 176 g/mol. The van der Waals surface area contributed by atoms with E-state index in [1.807, 2.05) is 0 Å². The van der Waals surface area contributed by atoms with Gasteiger partial charge in [0, 0.05) is 5.56 Å². The number of ether oxygens (including phenoxy) is 1. The van der Waals surface area contributed by atoms with E-state index in [2.05, 4.69) is 12.3 Å². The predicted octanol–water partition coefficient (Wildman–Crippen LogP) is 2.12. The van der Waals surface area contributed by atoms with Crippen molar-refractivity contribution in [2.45, 2.75) is 0 Å². The molecule has 1 heterocycles. The highest BCUT2D eigenvalue weighted by Gasteiger charge is 2.29. The van der Waals surface area contributed by atoms with E-state index < -0.39 is 11.8 Å². The number of carbonyl (C=O) groups excluding carboxylic acids is 1. The minimum Gasteiger partial charge on any atom is -0.414 e. The van der Waals surface area contributed by atoms with Crippen molar-refractivity contribution in [1.82, 2.24) is 0 Å². The van der Waals surface area contributed by atoms with E-state index in [1.54, 1.807) is 6.07 Å². The summed E-state index contributed by atoms with van der Waals surface area (Å²) in [5, 5.41) is 0. The largest absolute Gasteiger partial charge is 0.414 e. The highest BCUT2D eigenvalue weighted by atomic mass is 19.1. The molecule has 0 aromatic heterocycles. The smallest absolute Gasteiger partial charge is 0.347 e. The quantitative estimate of drug-likeness (QED) is 0.447. The van der Waals surface area contributed by atoms with Crippen molar-refractivity contribution in [3.05, 3.63) is 47.5 Å². The van der Waals surface area contributed by atoms with Crippen LogP contribution in [0.3, 0.4) is 0 Å². The van der Waals surface area contributed by atoms with Gasteiger partial charge in [-0.3, -0.25) is 0 Å². The van der Waals surface area contributed by atoms with Crippen LogP contribution in [-0.4, -0.2) is 5.97 Å². The Bertz CT molecular complexity index is 442. The Morgan fingerprint density at radius 2 is 2.23 bits per heavy atom. The van der Waals surface area contributed by atoms with Gasteiger partial charge in [-0.1, -0.05) is 18.4 Å². The SMILES string of the molecule is C=C=C1OC(=O)c2c(F)cccc21. The van der Waals surface area contributed by atoms with Crippen LogP contribution in [0, 0.1) is 5.82 Å². The summed E-state index contributed by atoms with van der Waals surface area (Å²) in [7, 11) is 0. The number of carbonyl (C=O) groups is 1. The molecule has 0 saturated carbocycles. The number of benzene rings is 1. The molecule has 64 valence electrons. The second-order valence-corrected chi connectivity index (χ2v) is 2.56. The van der Waals surface area contributed by atoms with Gasteiger partial charge in [0.1, 0.15) is 11.4 Å². The van der Waals surface area contributed by atoms with Crippen molar-refractivity contribution < 1.29 is 13.9 Å². The van der Waals surface area contributed by atoms with Gasteiger partial charge < -0.3 is 4.74 Å². The van der Waals surface area contributed by atoms with Crippen LogP contribution in [0.15, 0.2) is 30.5 Å². The summed E-state index contributed by atoms with van der Waals surface area (Å²) >= 11 is 0. The summed E-state index contributed by atoms with van der Waals surface area (Å²) in [5.41, 5.74) is 2.82. The Labute approximate surface area is 73.9 Å². The fourth-order valence-electron chi connectivity index (χ4n) is 1.25. The molecule has 1 aliphatic heterocycles. The first-order valence-electron chi connectivity index (χ1n) is 3.65.